The molecule has 0 aliphatic carbocycles. The van der Waals surface area contributed by atoms with Gasteiger partial charge in [-0.25, -0.2) is 4.99 Å². The molecule has 0 saturated carbocycles. The van der Waals surface area contributed by atoms with Gasteiger partial charge in [0.2, 0.25) is 0 Å². The molecule has 18 heavy (non-hydrogen) atoms. The fourth-order valence-corrected chi connectivity index (χ4v) is 1.54. The van der Waals surface area contributed by atoms with Gasteiger partial charge >= 0.3 is 0 Å². The molecule has 102 valence electrons. The Bertz CT molecular complexity index is 408. The minimum absolute atomic E-state index is 0.250. The molecule has 0 aliphatic heterocycles. The van der Waals surface area contributed by atoms with Gasteiger partial charge in [0.15, 0.2) is 5.96 Å². The summed E-state index contributed by atoms with van der Waals surface area (Å²) in [6.45, 7) is 6.60. The second-order valence-electron chi connectivity index (χ2n) is 4.75. The summed E-state index contributed by atoms with van der Waals surface area (Å²) in [5.74, 6) is 2.08. The van der Waals surface area contributed by atoms with Crippen molar-refractivity contribution in [2.75, 3.05) is 27.2 Å². The number of aliphatic hydroxyl groups is 1. The first-order valence-corrected chi connectivity index (χ1v) is 6.11. The number of aryl methyl sites for hydroxylation is 1. The third kappa shape index (κ3) is 3.77. The minimum atomic E-state index is -1.09. The van der Waals surface area contributed by atoms with Gasteiger partial charge in [0.1, 0.15) is 17.1 Å². The first-order chi connectivity index (χ1) is 8.36. The summed E-state index contributed by atoms with van der Waals surface area (Å²) in [4.78, 5) is 6.27. The minimum Gasteiger partial charge on any atom is -0.463 e. The van der Waals surface area contributed by atoms with Crippen LogP contribution in [0.2, 0.25) is 0 Å². The Hall–Kier alpha value is -1.49. The highest BCUT2D eigenvalue weighted by molar-refractivity contribution is 5.79. The fraction of sp³-hybridized carbons (Fsp3) is 0.615. The van der Waals surface area contributed by atoms with Crippen LogP contribution in [0.4, 0.5) is 0 Å². The number of rotatable bonds is 4. The number of furan rings is 1. The molecule has 1 rings (SSSR count). The summed E-state index contributed by atoms with van der Waals surface area (Å²) in [6.07, 6.45) is 0. The Morgan fingerprint density at radius 1 is 1.50 bits per heavy atom. The average Bonchev–Trinajstić information content (AvgIpc) is 2.71. The van der Waals surface area contributed by atoms with Crippen molar-refractivity contribution in [3.05, 3.63) is 23.7 Å². The van der Waals surface area contributed by atoms with Crippen LogP contribution in [0.3, 0.4) is 0 Å². The number of aliphatic imine (C=N–C) groups is 1. The quantitative estimate of drug-likeness (QED) is 0.627. The molecular formula is C13H23N3O2. The van der Waals surface area contributed by atoms with Crippen LogP contribution in [-0.4, -0.2) is 43.2 Å². The highest BCUT2D eigenvalue weighted by atomic mass is 16.4. The lowest BCUT2D eigenvalue weighted by Gasteiger charge is -2.21. The highest BCUT2D eigenvalue weighted by Gasteiger charge is 2.26. The Labute approximate surface area is 109 Å². The summed E-state index contributed by atoms with van der Waals surface area (Å²) >= 11 is 0. The maximum atomic E-state index is 10.4. The van der Waals surface area contributed by atoms with Gasteiger partial charge in [-0.2, -0.15) is 0 Å². The van der Waals surface area contributed by atoms with Crippen molar-refractivity contribution >= 4 is 5.96 Å². The molecule has 1 atom stereocenters. The molecule has 0 fully saturated rings. The van der Waals surface area contributed by atoms with Gasteiger partial charge in [0.25, 0.3) is 0 Å². The van der Waals surface area contributed by atoms with E-state index in [4.69, 9.17) is 4.42 Å². The van der Waals surface area contributed by atoms with Crippen LogP contribution in [-0.2, 0) is 5.60 Å². The van der Waals surface area contributed by atoms with Crippen LogP contribution in [0.15, 0.2) is 21.5 Å². The van der Waals surface area contributed by atoms with E-state index in [0.717, 1.165) is 18.3 Å². The molecule has 0 bridgehead atoms. The van der Waals surface area contributed by atoms with E-state index in [9.17, 15) is 5.11 Å². The summed E-state index contributed by atoms with van der Waals surface area (Å²) < 4.78 is 5.45. The van der Waals surface area contributed by atoms with E-state index < -0.39 is 5.60 Å². The Kier molecular flexibility index (Phi) is 4.78. The average molecular weight is 253 g/mol. The highest BCUT2D eigenvalue weighted by Crippen LogP contribution is 2.23. The number of nitrogens with one attached hydrogen (secondary N) is 1. The topological polar surface area (TPSA) is 61.0 Å². The standard InChI is InChI=1S/C13H23N3O2/c1-6-14-12(16(4)5)15-9-13(3,17)11-8-7-10(2)18-11/h7-8,17H,6,9H2,1-5H3,(H,14,15). The zero-order chi connectivity index (χ0) is 13.8. The van der Waals surface area contributed by atoms with E-state index in [1.165, 1.54) is 0 Å². The summed E-state index contributed by atoms with van der Waals surface area (Å²) in [7, 11) is 3.82. The maximum absolute atomic E-state index is 10.4. The molecule has 0 aliphatic rings. The Balaban J connectivity index is 2.78. The lowest BCUT2D eigenvalue weighted by atomic mass is 10.0. The van der Waals surface area contributed by atoms with Gasteiger partial charge in [-0.15, -0.1) is 0 Å². The third-order valence-corrected chi connectivity index (χ3v) is 2.57. The molecule has 0 amide bonds. The second kappa shape index (κ2) is 5.91. The van der Waals surface area contributed by atoms with Crippen LogP contribution in [0, 0.1) is 6.92 Å². The molecule has 0 aromatic carbocycles. The normalized spacial score (nSPS) is 15.3. The Morgan fingerprint density at radius 3 is 2.61 bits per heavy atom. The van der Waals surface area contributed by atoms with Crippen molar-refractivity contribution in [3.63, 3.8) is 0 Å². The molecule has 2 N–H and O–H groups in total. The van der Waals surface area contributed by atoms with Crippen molar-refractivity contribution in [2.45, 2.75) is 26.4 Å². The molecular weight excluding hydrogens is 230 g/mol. The molecule has 0 saturated heterocycles. The number of hydrogen-bond acceptors (Lipinski definition) is 3. The van der Waals surface area contributed by atoms with Crippen LogP contribution >= 0.6 is 0 Å². The molecule has 5 nitrogen and oxygen atoms in total. The van der Waals surface area contributed by atoms with Crippen LogP contribution in [0.5, 0.6) is 0 Å². The van der Waals surface area contributed by atoms with Crippen LogP contribution in [0.25, 0.3) is 0 Å². The van der Waals surface area contributed by atoms with E-state index in [1.807, 2.05) is 38.9 Å². The maximum Gasteiger partial charge on any atom is 0.193 e. The second-order valence-corrected chi connectivity index (χ2v) is 4.75. The lowest BCUT2D eigenvalue weighted by Crippen LogP contribution is -2.37. The fourth-order valence-electron chi connectivity index (χ4n) is 1.54. The first kappa shape index (κ1) is 14.6. The number of nitrogens with zero attached hydrogens (tertiary/aromatic N) is 2. The SMILES string of the molecule is CCNC(=NCC(C)(O)c1ccc(C)o1)N(C)C. The Morgan fingerprint density at radius 2 is 2.17 bits per heavy atom. The first-order valence-electron chi connectivity index (χ1n) is 6.11. The molecule has 1 heterocycles. The van der Waals surface area contributed by atoms with Gasteiger partial charge in [-0.1, -0.05) is 0 Å². The molecule has 1 unspecified atom stereocenters. The molecule has 0 spiro atoms. The van der Waals surface area contributed by atoms with Crippen molar-refractivity contribution in [3.8, 4) is 0 Å². The van der Waals surface area contributed by atoms with Gasteiger partial charge in [-0.3, -0.25) is 0 Å². The van der Waals surface area contributed by atoms with E-state index in [0.29, 0.717) is 5.76 Å². The van der Waals surface area contributed by atoms with Crippen molar-refractivity contribution < 1.29 is 9.52 Å². The van der Waals surface area contributed by atoms with Gasteiger partial charge < -0.3 is 19.7 Å². The molecule has 5 heteroatoms. The van der Waals surface area contributed by atoms with Crippen LogP contribution < -0.4 is 5.32 Å². The van der Waals surface area contributed by atoms with Crippen molar-refractivity contribution in [1.82, 2.24) is 10.2 Å². The summed E-state index contributed by atoms with van der Waals surface area (Å²) in [5.41, 5.74) is -1.09. The monoisotopic (exact) mass is 253 g/mol. The van der Waals surface area contributed by atoms with Crippen molar-refractivity contribution in [2.24, 2.45) is 4.99 Å². The lowest BCUT2D eigenvalue weighted by molar-refractivity contribution is 0.0427. The van der Waals surface area contributed by atoms with E-state index in [1.54, 1.807) is 13.0 Å². The smallest absolute Gasteiger partial charge is 0.193 e. The molecule has 0 radical (unpaired) electrons. The zero-order valence-electron chi connectivity index (χ0n) is 11.8. The van der Waals surface area contributed by atoms with Crippen molar-refractivity contribution in [1.29, 1.82) is 0 Å². The van der Waals surface area contributed by atoms with E-state index in [-0.39, 0.29) is 6.54 Å². The third-order valence-electron chi connectivity index (χ3n) is 2.57. The molecule has 1 aromatic heterocycles. The number of guanidine groups is 1. The van der Waals surface area contributed by atoms with E-state index in [2.05, 4.69) is 10.3 Å². The van der Waals surface area contributed by atoms with Crippen LogP contribution in [0.1, 0.15) is 25.4 Å². The summed E-state index contributed by atoms with van der Waals surface area (Å²) in [5, 5.41) is 13.5. The van der Waals surface area contributed by atoms with Gasteiger partial charge in [0.05, 0.1) is 6.54 Å². The molecule has 1 aromatic rings. The van der Waals surface area contributed by atoms with Gasteiger partial charge in [-0.05, 0) is 32.9 Å². The van der Waals surface area contributed by atoms with E-state index >= 15 is 0 Å². The predicted molar refractivity (Wildman–Crippen MR) is 72.7 cm³/mol. The largest absolute Gasteiger partial charge is 0.463 e. The zero-order valence-corrected chi connectivity index (χ0v) is 11.8. The summed E-state index contributed by atoms with van der Waals surface area (Å²) in [6, 6.07) is 3.62. The number of hydrogen-bond donors (Lipinski definition) is 2. The predicted octanol–water partition coefficient (Wildman–Crippen LogP) is 1.32. The van der Waals surface area contributed by atoms with Gasteiger partial charge in [0, 0.05) is 20.6 Å².